The molecule has 0 saturated carbocycles. The van der Waals surface area contributed by atoms with E-state index >= 15 is 0 Å². The highest BCUT2D eigenvalue weighted by molar-refractivity contribution is 5.86. The van der Waals surface area contributed by atoms with Crippen molar-refractivity contribution in [1.82, 2.24) is 4.57 Å². The van der Waals surface area contributed by atoms with E-state index in [1.165, 1.54) is 5.52 Å². The van der Waals surface area contributed by atoms with Crippen LogP contribution in [-0.2, 0) is 7.05 Å². The third-order valence-corrected chi connectivity index (χ3v) is 2.08. The predicted molar refractivity (Wildman–Crippen MR) is 50.9 cm³/mol. The SMILES string of the molecule is C#Cc1cccc2c1ccn2C. The Bertz CT molecular complexity index is 457. The van der Waals surface area contributed by atoms with Gasteiger partial charge in [0.25, 0.3) is 0 Å². The van der Waals surface area contributed by atoms with E-state index in [1.54, 1.807) is 0 Å². The van der Waals surface area contributed by atoms with E-state index in [-0.39, 0.29) is 0 Å². The molecule has 12 heavy (non-hydrogen) atoms. The Morgan fingerprint density at radius 3 is 2.92 bits per heavy atom. The zero-order valence-electron chi connectivity index (χ0n) is 6.91. The first-order chi connectivity index (χ1) is 5.83. The largest absolute Gasteiger partial charge is 0.351 e. The summed E-state index contributed by atoms with van der Waals surface area (Å²) in [5, 5.41) is 1.16. The second-order valence-corrected chi connectivity index (χ2v) is 2.81. The second-order valence-electron chi connectivity index (χ2n) is 2.81. The van der Waals surface area contributed by atoms with Crippen LogP contribution in [0.3, 0.4) is 0 Å². The van der Waals surface area contributed by atoms with Crippen LogP contribution in [-0.4, -0.2) is 4.57 Å². The average Bonchev–Trinajstić information content (AvgIpc) is 2.48. The maximum absolute atomic E-state index is 5.37. The quantitative estimate of drug-likeness (QED) is 0.514. The van der Waals surface area contributed by atoms with Crippen molar-refractivity contribution in [3.63, 3.8) is 0 Å². The molecule has 1 nitrogen and oxygen atoms in total. The number of rotatable bonds is 0. The average molecular weight is 155 g/mol. The number of nitrogens with zero attached hydrogens (tertiary/aromatic N) is 1. The lowest BCUT2D eigenvalue weighted by molar-refractivity contribution is 0.969. The Balaban J connectivity index is 2.92. The Labute approximate surface area is 71.6 Å². The van der Waals surface area contributed by atoms with Crippen molar-refractivity contribution in [2.24, 2.45) is 7.05 Å². The van der Waals surface area contributed by atoms with E-state index in [2.05, 4.69) is 16.6 Å². The number of aromatic nitrogens is 1. The van der Waals surface area contributed by atoms with E-state index in [9.17, 15) is 0 Å². The summed E-state index contributed by atoms with van der Waals surface area (Å²) in [5.74, 6) is 2.67. The molecule has 1 aromatic carbocycles. The molecule has 2 rings (SSSR count). The van der Waals surface area contributed by atoms with Crippen molar-refractivity contribution in [3.8, 4) is 12.3 Å². The molecule has 0 saturated heterocycles. The van der Waals surface area contributed by atoms with Gasteiger partial charge in [-0.25, -0.2) is 0 Å². The molecule has 0 atom stereocenters. The molecule has 0 aliphatic rings. The van der Waals surface area contributed by atoms with E-state index < -0.39 is 0 Å². The van der Waals surface area contributed by atoms with Gasteiger partial charge in [-0.3, -0.25) is 0 Å². The molecule has 1 heterocycles. The Morgan fingerprint density at radius 1 is 1.33 bits per heavy atom. The summed E-state index contributed by atoms with van der Waals surface area (Å²) in [4.78, 5) is 0. The summed E-state index contributed by atoms with van der Waals surface area (Å²) in [5.41, 5.74) is 2.15. The van der Waals surface area contributed by atoms with Crippen LogP contribution in [0.2, 0.25) is 0 Å². The highest BCUT2D eigenvalue weighted by Crippen LogP contribution is 2.18. The van der Waals surface area contributed by atoms with Crippen LogP contribution in [0.4, 0.5) is 0 Å². The molecule has 0 spiro atoms. The van der Waals surface area contributed by atoms with Gasteiger partial charge in [0.05, 0.1) is 0 Å². The van der Waals surface area contributed by atoms with Gasteiger partial charge < -0.3 is 4.57 Å². The molecule has 0 aliphatic carbocycles. The van der Waals surface area contributed by atoms with Gasteiger partial charge in [-0.1, -0.05) is 12.0 Å². The first-order valence-corrected chi connectivity index (χ1v) is 3.83. The van der Waals surface area contributed by atoms with Crippen LogP contribution in [0.1, 0.15) is 5.56 Å². The highest BCUT2D eigenvalue weighted by atomic mass is 14.9. The summed E-state index contributed by atoms with van der Waals surface area (Å²) < 4.78 is 2.07. The van der Waals surface area contributed by atoms with Crippen LogP contribution in [0.15, 0.2) is 30.5 Å². The summed E-state index contributed by atoms with van der Waals surface area (Å²) in [7, 11) is 2.02. The minimum absolute atomic E-state index is 0.966. The van der Waals surface area contributed by atoms with Gasteiger partial charge in [0.2, 0.25) is 0 Å². The summed E-state index contributed by atoms with van der Waals surface area (Å²) in [6.45, 7) is 0. The number of benzene rings is 1. The van der Waals surface area contributed by atoms with Crippen molar-refractivity contribution in [3.05, 3.63) is 36.0 Å². The van der Waals surface area contributed by atoms with Gasteiger partial charge in [-0.15, -0.1) is 6.42 Å². The predicted octanol–water partition coefficient (Wildman–Crippen LogP) is 2.16. The minimum Gasteiger partial charge on any atom is -0.351 e. The van der Waals surface area contributed by atoms with Crippen molar-refractivity contribution in [1.29, 1.82) is 0 Å². The van der Waals surface area contributed by atoms with Crippen molar-refractivity contribution < 1.29 is 0 Å². The molecule has 58 valence electrons. The van der Waals surface area contributed by atoms with E-state index in [0.29, 0.717) is 0 Å². The molecule has 0 N–H and O–H groups in total. The molecular formula is C11H9N. The van der Waals surface area contributed by atoms with Crippen molar-refractivity contribution >= 4 is 10.9 Å². The van der Waals surface area contributed by atoms with E-state index in [1.807, 2.05) is 31.4 Å². The standard InChI is InChI=1S/C11H9N/c1-3-9-5-4-6-11-10(9)7-8-12(11)2/h1,4-8H,2H3. The second kappa shape index (κ2) is 2.42. The number of hydrogen-bond acceptors (Lipinski definition) is 0. The Kier molecular flexibility index (Phi) is 1.41. The number of terminal acetylenes is 1. The molecule has 0 amide bonds. The van der Waals surface area contributed by atoms with Gasteiger partial charge in [0, 0.05) is 29.7 Å². The summed E-state index contributed by atoms with van der Waals surface area (Å²) >= 11 is 0. The molecule has 0 bridgehead atoms. The zero-order chi connectivity index (χ0) is 8.55. The van der Waals surface area contributed by atoms with E-state index in [0.717, 1.165) is 10.9 Å². The van der Waals surface area contributed by atoms with Gasteiger partial charge in [-0.2, -0.15) is 0 Å². The maximum atomic E-state index is 5.37. The molecule has 0 unspecified atom stereocenters. The van der Waals surface area contributed by atoms with Crippen LogP contribution in [0, 0.1) is 12.3 Å². The normalized spacial score (nSPS) is 10.0. The molecule has 0 aliphatic heterocycles. The third kappa shape index (κ3) is 0.820. The molecule has 1 aromatic heterocycles. The zero-order valence-corrected chi connectivity index (χ0v) is 6.91. The maximum Gasteiger partial charge on any atom is 0.0490 e. The molecule has 0 radical (unpaired) electrons. The lowest BCUT2D eigenvalue weighted by Crippen LogP contribution is -1.83. The third-order valence-electron chi connectivity index (χ3n) is 2.08. The fourth-order valence-electron chi connectivity index (χ4n) is 1.43. The molecule has 0 fully saturated rings. The van der Waals surface area contributed by atoms with Crippen LogP contribution in [0.5, 0.6) is 0 Å². The molecule has 1 heteroatoms. The Hall–Kier alpha value is -1.68. The highest BCUT2D eigenvalue weighted by Gasteiger charge is 1.99. The summed E-state index contributed by atoms with van der Waals surface area (Å²) in [6.07, 6.45) is 7.39. The number of hydrogen-bond donors (Lipinski definition) is 0. The monoisotopic (exact) mass is 155 g/mol. The Morgan fingerprint density at radius 2 is 2.17 bits per heavy atom. The van der Waals surface area contributed by atoms with Crippen LogP contribution in [0.25, 0.3) is 10.9 Å². The minimum atomic E-state index is 0.966. The fraction of sp³-hybridized carbons (Fsp3) is 0.0909. The topological polar surface area (TPSA) is 4.93 Å². The molecule has 2 aromatic rings. The lowest BCUT2D eigenvalue weighted by atomic mass is 10.1. The number of fused-ring (bicyclic) bond motifs is 1. The van der Waals surface area contributed by atoms with E-state index in [4.69, 9.17) is 6.42 Å². The number of aryl methyl sites for hydroxylation is 1. The molecular weight excluding hydrogens is 146 g/mol. The fourth-order valence-corrected chi connectivity index (χ4v) is 1.43. The summed E-state index contributed by atoms with van der Waals surface area (Å²) in [6, 6.07) is 8.06. The smallest absolute Gasteiger partial charge is 0.0490 e. The van der Waals surface area contributed by atoms with Crippen LogP contribution >= 0.6 is 0 Å². The lowest BCUT2D eigenvalue weighted by Gasteiger charge is -1.96. The van der Waals surface area contributed by atoms with Crippen molar-refractivity contribution in [2.75, 3.05) is 0 Å². The first-order valence-electron chi connectivity index (χ1n) is 3.83. The van der Waals surface area contributed by atoms with Gasteiger partial charge in [-0.05, 0) is 18.2 Å². The van der Waals surface area contributed by atoms with Gasteiger partial charge >= 0.3 is 0 Å². The van der Waals surface area contributed by atoms with Crippen molar-refractivity contribution in [2.45, 2.75) is 0 Å². The van der Waals surface area contributed by atoms with Gasteiger partial charge in [0.1, 0.15) is 0 Å². The first kappa shape index (κ1) is 7.00. The van der Waals surface area contributed by atoms with Gasteiger partial charge in [0.15, 0.2) is 0 Å². The van der Waals surface area contributed by atoms with Crippen LogP contribution < -0.4 is 0 Å².